The number of carbonyl (C=O) groups excluding carboxylic acids is 6. The van der Waals surface area contributed by atoms with Crippen LogP contribution in [0.3, 0.4) is 0 Å². The average molecular weight is 745 g/mol. The van der Waals surface area contributed by atoms with Gasteiger partial charge in [-0.2, -0.15) is 11.8 Å². The zero-order chi connectivity index (χ0) is 38.2. The predicted molar refractivity (Wildman–Crippen MR) is 189 cm³/mol. The second-order valence-electron chi connectivity index (χ2n) is 11.8. The van der Waals surface area contributed by atoms with Gasteiger partial charge in [-0.15, -0.1) is 0 Å². The number of nitrogens with zero attached hydrogens (tertiary/aromatic N) is 1. The lowest BCUT2D eigenvalue weighted by molar-refractivity contribution is -0.143. The lowest BCUT2D eigenvalue weighted by atomic mass is 10.0. The number of hydrogen-bond acceptors (Lipinski definition) is 11. The Morgan fingerprint density at radius 2 is 1.54 bits per heavy atom. The quantitative estimate of drug-likeness (QED) is 0.0496. The van der Waals surface area contributed by atoms with Gasteiger partial charge in [-0.25, -0.2) is 9.78 Å². The van der Waals surface area contributed by atoms with E-state index >= 15 is 0 Å². The minimum atomic E-state index is -1.62. The fraction of sp³-hybridized carbons (Fsp3) is 0.438. The highest BCUT2D eigenvalue weighted by Gasteiger charge is 2.30. The van der Waals surface area contributed by atoms with Gasteiger partial charge in [-0.3, -0.25) is 28.8 Å². The molecule has 0 radical (unpaired) electrons. The maximum absolute atomic E-state index is 13.5. The van der Waals surface area contributed by atoms with Crippen LogP contribution in [0.5, 0.6) is 0 Å². The number of aromatic amines is 2. The largest absolute Gasteiger partial charge is 0.480 e. The SMILES string of the molecule is CSCC[C@@H](NC(=O)[C@H](CCC(N)=O)NC(=O)[C@@H](N)Cc1c[nH]c2ccccc12)C(=O)NCC(=O)N[C@H](Cc1cnc[nH]1)C(=O)N[C@H](CO)C(=O)O. The molecule has 0 aliphatic heterocycles. The molecular weight excluding hydrogens is 700 g/mol. The highest BCUT2D eigenvalue weighted by atomic mass is 32.2. The standard InChI is InChI=1S/C32H44N10O9S/c1-52-9-8-23(29(47)37-14-27(45)39-24(11-18-13-35-16-38-18)31(49)42-25(15-43)32(50)51)41-30(48)22(6-7-26(34)44)40-28(46)20(33)10-17-12-36-21-5-3-2-4-19(17)21/h2-5,12-13,16,20,22-25,36,43H,6-11,14-15,33H2,1H3,(H2,34,44)(H,35,38)(H,37,47)(H,39,45)(H,40,46)(H,41,48)(H,42,49)(H,50,51)/t20-,22-,23+,24+,25+/m0/s1. The summed E-state index contributed by atoms with van der Waals surface area (Å²) < 4.78 is 0. The van der Waals surface area contributed by atoms with Crippen LogP contribution in [-0.4, -0.2) is 122 Å². The number of imidazole rings is 1. The number of aromatic nitrogens is 3. The Morgan fingerprint density at radius 1 is 0.865 bits per heavy atom. The van der Waals surface area contributed by atoms with Gasteiger partial charge in [0, 0.05) is 41.8 Å². The van der Waals surface area contributed by atoms with Crippen LogP contribution in [-0.2, 0) is 46.4 Å². The molecular formula is C32H44N10O9S. The molecule has 3 aromatic rings. The molecule has 19 nitrogen and oxygen atoms in total. The molecule has 52 heavy (non-hydrogen) atoms. The Kier molecular flexibility index (Phi) is 16.1. The molecule has 1 aromatic carbocycles. The molecule has 13 N–H and O–H groups in total. The summed E-state index contributed by atoms with van der Waals surface area (Å²) in [7, 11) is 0. The number of H-pyrrole nitrogens is 2. The number of aliphatic hydroxyl groups is 1. The molecule has 6 amide bonds. The Labute approximate surface area is 302 Å². The van der Waals surface area contributed by atoms with Crippen molar-refractivity contribution in [1.82, 2.24) is 41.5 Å². The van der Waals surface area contributed by atoms with Gasteiger partial charge in [0.1, 0.15) is 24.2 Å². The molecule has 0 bridgehead atoms. The summed E-state index contributed by atoms with van der Waals surface area (Å²) in [6.07, 6.45) is 5.97. The van der Waals surface area contributed by atoms with Gasteiger partial charge in [0.15, 0.2) is 0 Å². The van der Waals surface area contributed by atoms with E-state index in [1.165, 1.54) is 24.3 Å². The van der Waals surface area contributed by atoms with Crippen molar-refractivity contribution in [2.45, 2.75) is 62.3 Å². The van der Waals surface area contributed by atoms with Crippen molar-refractivity contribution in [3.8, 4) is 0 Å². The third-order valence-electron chi connectivity index (χ3n) is 7.86. The first-order valence-electron chi connectivity index (χ1n) is 16.2. The first kappa shape index (κ1) is 41.0. The Balaban J connectivity index is 1.65. The van der Waals surface area contributed by atoms with Crippen molar-refractivity contribution in [3.63, 3.8) is 0 Å². The first-order valence-corrected chi connectivity index (χ1v) is 17.6. The van der Waals surface area contributed by atoms with E-state index in [1.807, 2.05) is 24.3 Å². The number of nitrogens with one attached hydrogen (secondary N) is 7. The van der Waals surface area contributed by atoms with Crippen LogP contribution in [0, 0.1) is 0 Å². The number of aliphatic hydroxyl groups excluding tert-OH is 1. The lowest BCUT2D eigenvalue weighted by Crippen LogP contribution is -2.57. The number of rotatable bonds is 22. The molecule has 20 heteroatoms. The first-order chi connectivity index (χ1) is 24.8. The molecule has 5 atom stereocenters. The monoisotopic (exact) mass is 744 g/mol. The highest BCUT2D eigenvalue weighted by molar-refractivity contribution is 7.98. The van der Waals surface area contributed by atoms with Crippen molar-refractivity contribution < 1.29 is 43.8 Å². The second-order valence-corrected chi connectivity index (χ2v) is 12.8. The van der Waals surface area contributed by atoms with E-state index in [0.717, 1.165) is 16.5 Å². The summed E-state index contributed by atoms with van der Waals surface area (Å²) in [6.45, 7) is -1.53. The number of primary amides is 1. The van der Waals surface area contributed by atoms with Crippen LogP contribution in [0.4, 0.5) is 0 Å². The van der Waals surface area contributed by atoms with Gasteiger partial charge in [0.05, 0.1) is 25.5 Å². The van der Waals surface area contributed by atoms with Crippen LogP contribution in [0.2, 0.25) is 0 Å². The van der Waals surface area contributed by atoms with Crippen LogP contribution < -0.4 is 38.1 Å². The Hall–Kier alpha value is -5.47. The number of fused-ring (bicyclic) bond motifs is 1. The summed E-state index contributed by atoms with van der Waals surface area (Å²) in [5, 5.41) is 31.5. The van der Waals surface area contributed by atoms with E-state index in [-0.39, 0.29) is 32.1 Å². The number of aliphatic carboxylic acids is 1. The fourth-order valence-electron chi connectivity index (χ4n) is 5.06. The van der Waals surface area contributed by atoms with E-state index in [0.29, 0.717) is 11.4 Å². The summed E-state index contributed by atoms with van der Waals surface area (Å²) in [4.78, 5) is 98.1. The molecule has 2 aromatic heterocycles. The Morgan fingerprint density at radius 3 is 2.19 bits per heavy atom. The molecule has 282 valence electrons. The van der Waals surface area contributed by atoms with Crippen molar-refractivity contribution >= 4 is 64.1 Å². The van der Waals surface area contributed by atoms with E-state index in [2.05, 4.69) is 41.5 Å². The van der Waals surface area contributed by atoms with Gasteiger partial charge in [-0.05, 0) is 42.9 Å². The number of thioether (sulfide) groups is 1. The molecule has 3 rings (SSSR count). The highest BCUT2D eigenvalue weighted by Crippen LogP contribution is 2.19. The minimum absolute atomic E-state index is 0.125. The number of hydrogen-bond donors (Lipinski definition) is 11. The van der Waals surface area contributed by atoms with Crippen molar-refractivity contribution in [2.24, 2.45) is 11.5 Å². The molecule has 0 aliphatic rings. The van der Waals surface area contributed by atoms with Crippen LogP contribution >= 0.6 is 11.8 Å². The number of carbonyl (C=O) groups is 7. The van der Waals surface area contributed by atoms with Gasteiger partial charge in [0.2, 0.25) is 35.4 Å². The van der Waals surface area contributed by atoms with Gasteiger partial charge in [0.25, 0.3) is 0 Å². The molecule has 0 unspecified atom stereocenters. The van der Waals surface area contributed by atoms with Crippen LogP contribution in [0.15, 0.2) is 43.0 Å². The zero-order valence-corrected chi connectivity index (χ0v) is 29.2. The second kappa shape index (κ2) is 20.4. The van der Waals surface area contributed by atoms with E-state index in [4.69, 9.17) is 11.5 Å². The molecule has 0 fully saturated rings. The van der Waals surface area contributed by atoms with Gasteiger partial charge >= 0.3 is 5.97 Å². The fourth-order valence-corrected chi connectivity index (χ4v) is 5.53. The molecule has 2 heterocycles. The average Bonchev–Trinajstić information content (AvgIpc) is 3.79. The Bertz CT molecular complexity index is 1700. The maximum atomic E-state index is 13.5. The topological polar surface area (TPSA) is 317 Å². The third kappa shape index (κ3) is 12.7. The summed E-state index contributed by atoms with van der Waals surface area (Å²) in [6, 6.07) is 1.01. The van der Waals surface area contributed by atoms with Crippen molar-refractivity contribution in [3.05, 3.63) is 54.2 Å². The third-order valence-corrected chi connectivity index (χ3v) is 8.50. The maximum Gasteiger partial charge on any atom is 0.328 e. The molecule has 0 aliphatic carbocycles. The van der Waals surface area contributed by atoms with Gasteiger partial charge in [-0.1, -0.05) is 18.2 Å². The zero-order valence-electron chi connectivity index (χ0n) is 28.3. The van der Waals surface area contributed by atoms with Gasteiger partial charge < -0.3 is 58.2 Å². The molecule has 0 spiro atoms. The summed E-state index contributed by atoms with van der Waals surface area (Å²) >= 11 is 1.39. The number of nitrogens with two attached hydrogens (primary N) is 2. The van der Waals surface area contributed by atoms with Crippen molar-refractivity contribution in [2.75, 3.05) is 25.2 Å². The number of amides is 6. The van der Waals surface area contributed by atoms with Crippen LogP contribution in [0.1, 0.15) is 30.5 Å². The lowest BCUT2D eigenvalue weighted by Gasteiger charge is -2.24. The number of carboxylic acid groups (broad SMARTS) is 1. The summed E-state index contributed by atoms with van der Waals surface area (Å²) in [5.74, 6) is -5.73. The van der Waals surface area contributed by atoms with Crippen molar-refractivity contribution in [1.29, 1.82) is 0 Å². The molecule has 0 saturated carbocycles. The number of benzene rings is 1. The van der Waals surface area contributed by atoms with E-state index < -0.39 is 84.8 Å². The predicted octanol–water partition coefficient (Wildman–Crippen LogP) is -2.85. The number of carboxylic acids is 1. The smallest absolute Gasteiger partial charge is 0.328 e. The van der Waals surface area contributed by atoms with E-state index in [9.17, 15) is 43.8 Å². The van der Waals surface area contributed by atoms with Crippen LogP contribution in [0.25, 0.3) is 10.9 Å². The normalized spacial score (nSPS) is 13.9. The summed E-state index contributed by atoms with van der Waals surface area (Å²) in [5.41, 5.74) is 13.6. The molecule has 0 saturated heterocycles. The van der Waals surface area contributed by atoms with E-state index in [1.54, 1.807) is 12.5 Å². The number of para-hydroxylation sites is 1. The minimum Gasteiger partial charge on any atom is -0.480 e.